The summed E-state index contributed by atoms with van der Waals surface area (Å²) in [4.78, 5) is 0. The third kappa shape index (κ3) is 9.14. The van der Waals surface area contributed by atoms with E-state index in [9.17, 15) is 0 Å². The van der Waals surface area contributed by atoms with Crippen LogP contribution in [0.1, 0.15) is 27.2 Å². The van der Waals surface area contributed by atoms with Crippen molar-refractivity contribution >= 4 is 35.3 Å². The summed E-state index contributed by atoms with van der Waals surface area (Å²) < 4.78 is 0. The van der Waals surface area contributed by atoms with Gasteiger partial charge in [0.05, 0.1) is 0 Å². The zero-order chi connectivity index (χ0) is 9.23. The minimum atomic E-state index is 0.898. The van der Waals surface area contributed by atoms with Gasteiger partial charge in [0.25, 0.3) is 0 Å². The van der Waals surface area contributed by atoms with Crippen LogP contribution in [0.25, 0.3) is 0 Å². The monoisotopic (exact) mass is 224 g/mol. The number of rotatable bonds is 8. The highest BCUT2D eigenvalue weighted by Gasteiger charge is 1.97. The Morgan fingerprint density at radius 3 is 2.25 bits per heavy atom. The summed E-state index contributed by atoms with van der Waals surface area (Å²) in [5.41, 5.74) is 0. The molecule has 0 aromatic rings. The van der Waals surface area contributed by atoms with Crippen LogP contribution in [0.4, 0.5) is 0 Å². The van der Waals surface area contributed by atoms with E-state index in [0.717, 1.165) is 5.92 Å². The summed E-state index contributed by atoms with van der Waals surface area (Å²) in [6.45, 7) is 6.82. The molecule has 0 aromatic carbocycles. The molecule has 1 atom stereocenters. The van der Waals surface area contributed by atoms with Crippen LogP contribution in [-0.2, 0) is 0 Å². The van der Waals surface area contributed by atoms with Crippen LogP contribution in [0, 0.1) is 5.92 Å². The molecular weight excluding hydrogens is 204 g/mol. The molecule has 0 aliphatic carbocycles. The maximum atomic E-state index is 2.33. The molecule has 0 spiro atoms. The second kappa shape index (κ2) is 10.1. The van der Waals surface area contributed by atoms with Gasteiger partial charge in [0.2, 0.25) is 0 Å². The summed E-state index contributed by atoms with van der Waals surface area (Å²) in [5, 5.41) is 2.54. The molecule has 0 aliphatic rings. The summed E-state index contributed by atoms with van der Waals surface area (Å²) in [7, 11) is 0. The molecule has 0 N–H and O–H groups in total. The molecule has 0 amide bonds. The zero-order valence-corrected chi connectivity index (χ0v) is 10.8. The van der Waals surface area contributed by atoms with Crippen molar-refractivity contribution < 1.29 is 0 Å². The van der Waals surface area contributed by atoms with Crippen LogP contribution >= 0.6 is 35.3 Å². The number of hydrogen-bond acceptors (Lipinski definition) is 3. The maximum absolute atomic E-state index is 2.33. The third-order valence-corrected chi connectivity index (χ3v) is 5.52. The van der Waals surface area contributed by atoms with Crippen molar-refractivity contribution in [2.24, 2.45) is 5.92 Å². The molecule has 0 saturated carbocycles. The van der Waals surface area contributed by atoms with Crippen LogP contribution < -0.4 is 0 Å². The van der Waals surface area contributed by atoms with E-state index in [1.165, 1.54) is 28.1 Å². The van der Waals surface area contributed by atoms with Crippen LogP contribution in [0.5, 0.6) is 0 Å². The van der Waals surface area contributed by atoms with Gasteiger partial charge >= 0.3 is 0 Å². The van der Waals surface area contributed by atoms with Gasteiger partial charge in [-0.2, -0.15) is 23.5 Å². The first-order valence-corrected chi connectivity index (χ1v) is 8.00. The van der Waals surface area contributed by atoms with Crippen molar-refractivity contribution in [1.82, 2.24) is 0 Å². The van der Waals surface area contributed by atoms with Gasteiger partial charge in [0, 0.05) is 10.2 Å². The van der Waals surface area contributed by atoms with Gasteiger partial charge in [-0.3, -0.25) is 0 Å². The van der Waals surface area contributed by atoms with Gasteiger partial charge in [-0.1, -0.05) is 27.2 Å². The Hall–Kier alpha value is 1.05. The van der Waals surface area contributed by atoms with E-state index < -0.39 is 0 Å². The van der Waals surface area contributed by atoms with Gasteiger partial charge in [-0.05, 0) is 17.4 Å². The van der Waals surface area contributed by atoms with Gasteiger partial charge in [-0.25, -0.2) is 0 Å². The van der Waals surface area contributed by atoms with E-state index >= 15 is 0 Å². The van der Waals surface area contributed by atoms with Crippen LogP contribution in [0.3, 0.4) is 0 Å². The molecule has 12 heavy (non-hydrogen) atoms. The molecule has 0 aromatic heterocycles. The third-order valence-electron chi connectivity index (χ3n) is 1.64. The lowest BCUT2D eigenvalue weighted by Gasteiger charge is -2.06. The second-order valence-corrected chi connectivity index (χ2v) is 6.84. The van der Waals surface area contributed by atoms with Crippen molar-refractivity contribution in [3.05, 3.63) is 0 Å². The van der Waals surface area contributed by atoms with Gasteiger partial charge < -0.3 is 0 Å². The Balaban J connectivity index is 2.90. The summed E-state index contributed by atoms with van der Waals surface area (Å²) in [6.07, 6.45) is 1.32. The fraction of sp³-hybridized carbons (Fsp3) is 1.00. The van der Waals surface area contributed by atoms with E-state index in [1.807, 2.05) is 11.8 Å². The largest absolute Gasteiger partial charge is 0.151 e. The molecule has 0 rings (SSSR count). The van der Waals surface area contributed by atoms with Crippen molar-refractivity contribution in [2.45, 2.75) is 27.2 Å². The Morgan fingerprint density at radius 1 is 1.00 bits per heavy atom. The maximum Gasteiger partial charge on any atom is 0.0400 e. The summed E-state index contributed by atoms with van der Waals surface area (Å²) in [6, 6.07) is 0. The lowest BCUT2D eigenvalue weighted by Crippen LogP contribution is -1.95. The van der Waals surface area contributed by atoms with Gasteiger partial charge in [-0.15, -0.1) is 11.8 Å². The average Bonchev–Trinajstić information content (AvgIpc) is 2.10. The van der Waals surface area contributed by atoms with Crippen LogP contribution in [0.15, 0.2) is 0 Å². The smallest absolute Gasteiger partial charge is 0.0400 e. The summed E-state index contributed by atoms with van der Waals surface area (Å²) >= 11 is 6.16. The van der Waals surface area contributed by atoms with E-state index in [-0.39, 0.29) is 0 Å². The van der Waals surface area contributed by atoms with Gasteiger partial charge in [0.15, 0.2) is 0 Å². The fourth-order valence-corrected chi connectivity index (χ4v) is 4.12. The molecule has 74 valence electrons. The molecule has 0 bridgehead atoms. The molecule has 0 heterocycles. The Labute approximate surface area is 90.0 Å². The van der Waals surface area contributed by atoms with E-state index in [4.69, 9.17) is 0 Å². The highest BCUT2D eigenvalue weighted by molar-refractivity contribution is 8.22. The van der Waals surface area contributed by atoms with Crippen molar-refractivity contribution in [2.75, 3.05) is 21.7 Å². The first kappa shape index (κ1) is 13.1. The zero-order valence-electron chi connectivity index (χ0n) is 8.34. The van der Waals surface area contributed by atoms with Gasteiger partial charge in [0.1, 0.15) is 0 Å². The molecule has 3 heteroatoms. The van der Waals surface area contributed by atoms with E-state index in [2.05, 4.69) is 44.3 Å². The standard InChI is InChI=1S/C9H20S3/c1-4-9(3)6-11-8-12-7-10-5-2/h9H,4-8H2,1-3H3. The Morgan fingerprint density at radius 2 is 1.67 bits per heavy atom. The van der Waals surface area contributed by atoms with E-state index in [1.54, 1.807) is 0 Å². The molecule has 0 saturated heterocycles. The van der Waals surface area contributed by atoms with Crippen molar-refractivity contribution in [3.63, 3.8) is 0 Å². The SMILES string of the molecule is CCSCSCSCC(C)CC. The normalized spacial score (nSPS) is 13.2. The van der Waals surface area contributed by atoms with E-state index in [0.29, 0.717) is 0 Å². The van der Waals surface area contributed by atoms with Crippen molar-refractivity contribution in [1.29, 1.82) is 0 Å². The fourth-order valence-electron chi connectivity index (χ4n) is 0.602. The minimum absolute atomic E-state index is 0.898. The number of hydrogen-bond donors (Lipinski definition) is 0. The highest BCUT2D eigenvalue weighted by atomic mass is 32.2. The quantitative estimate of drug-likeness (QED) is 0.449. The highest BCUT2D eigenvalue weighted by Crippen LogP contribution is 2.19. The molecule has 0 nitrogen and oxygen atoms in total. The lowest BCUT2D eigenvalue weighted by molar-refractivity contribution is 0.637. The average molecular weight is 224 g/mol. The van der Waals surface area contributed by atoms with Crippen molar-refractivity contribution in [3.8, 4) is 0 Å². The first-order valence-electron chi connectivity index (χ1n) is 4.54. The Bertz CT molecular complexity index is 85.8. The summed E-state index contributed by atoms with van der Waals surface area (Å²) in [5.74, 6) is 3.48. The second-order valence-electron chi connectivity index (χ2n) is 2.82. The Kier molecular flexibility index (Phi) is 11.0. The molecule has 0 radical (unpaired) electrons. The predicted molar refractivity (Wildman–Crippen MR) is 67.4 cm³/mol. The topological polar surface area (TPSA) is 0 Å². The number of thioether (sulfide) groups is 3. The first-order chi connectivity index (χ1) is 5.81. The molecule has 0 fully saturated rings. The van der Waals surface area contributed by atoms with Crippen LogP contribution in [-0.4, -0.2) is 21.7 Å². The van der Waals surface area contributed by atoms with Crippen LogP contribution in [0.2, 0.25) is 0 Å². The lowest BCUT2D eigenvalue weighted by atomic mass is 10.2. The minimum Gasteiger partial charge on any atom is -0.151 e. The molecular formula is C9H20S3. The predicted octanol–water partition coefficient (Wildman–Crippen LogP) is 4.17. The molecule has 1 unspecified atom stereocenters. The molecule has 0 aliphatic heterocycles.